The Kier molecular flexibility index (Phi) is 4.71. The van der Waals surface area contributed by atoms with Crippen LogP contribution in [0.5, 0.6) is 0 Å². The number of rotatable bonds is 3. The van der Waals surface area contributed by atoms with E-state index in [2.05, 4.69) is 22.1 Å². The van der Waals surface area contributed by atoms with Crippen LogP contribution in [0.25, 0.3) is 0 Å². The van der Waals surface area contributed by atoms with E-state index < -0.39 is 11.5 Å². The number of aromatic amines is 1. The predicted molar refractivity (Wildman–Crippen MR) is 76.5 cm³/mol. The molecule has 0 fully saturated rings. The van der Waals surface area contributed by atoms with Crippen molar-refractivity contribution < 1.29 is 9.90 Å². The van der Waals surface area contributed by atoms with Crippen molar-refractivity contribution in [3.63, 3.8) is 0 Å². The van der Waals surface area contributed by atoms with E-state index in [9.17, 15) is 9.59 Å². The first-order chi connectivity index (χ1) is 9.70. The number of amides is 1. The first-order valence-corrected chi connectivity index (χ1v) is 6.66. The molecule has 102 valence electrons. The summed E-state index contributed by atoms with van der Waals surface area (Å²) in [5.74, 6) is 4.94. The van der Waals surface area contributed by atoms with Crippen molar-refractivity contribution in [2.75, 3.05) is 6.61 Å². The van der Waals surface area contributed by atoms with Gasteiger partial charge in [-0.2, -0.15) is 0 Å². The Morgan fingerprint density at radius 2 is 2.25 bits per heavy atom. The fourth-order valence-electron chi connectivity index (χ4n) is 1.53. The van der Waals surface area contributed by atoms with Gasteiger partial charge in [-0.25, -0.2) is 0 Å². The summed E-state index contributed by atoms with van der Waals surface area (Å²) in [5, 5.41) is 11.3. The van der Waals surface area contributed by atoms with Crippen LogP contribution >= 0.6 is 11.3 Å². The van der Waals surface area contributed by atoms with Gasteiger partial charge in [-0.1, -0.05) is 11.8 Å². The monoisotopic (exact) mass is 288 g/mol. The molecule has 2 aromatic heterocycles. The zero-order valence-electron chi connectivity index (χ0n) is 10.5. The van der Waals surface area contributed by atoms with Crippen LogP contribution in [-0.2, 0) is 6.54 Å². The second kappa shape index (κ2) is 6.70. The third-order valence-corrected chi connectivity index (χ3v) is 3.44. The standard InChI is InChI=1S/C14H12N2O3S/c17-8-2-3-10-5-6-11(20-10)9-16-14(19)12-4-1-7-15-13(12)18/h1,4-7,17H,8-9H2,(H,15,18)(H,16,19). The van der Waals surface area contributed by atoms with Gasteiger partial charge in [0.2, 0.25) is 0 Å². The first kappa shape index (κ1) is 14.1. The van der Waals surface area contributed by atoms with E-state index in [1.807, 2.05) is 12.1 Å². The molecular formula is C14H12N2O3S. The molecule has 2 rings (SSSR count). The van der Waals surface area contributed by atoms with E-state index in [1.54, 1.807) is 6.07 Å². The average molecular weight is 288 g/mol. The summed E-state index contributed by atoms with van der Waals surface area (Å²) >= 11 is 1.43. The number of carbonyl (C=O) groups is 1. The Morgan fingerprint density at radius 1 is 1.40 bits per heavy atom. The molecule has 2 heterocycles. The molecule has 0 aromatic carbocycles. The molecule has 0 unspecified atom stereocenters. The van der Waals surface area contributed by atoms with Gasteiger partial charge in [-0.15, -0.1) is 11.3 Å². The SMILES string of the molecule is O=C(NCc1ccc(C#CCO)s1)c1ccc[nH]c1=O. The number of pyridine rings is 1. The highest BCUT2D eigenvalue weighted by Crippen LogP contribution is 2.15. The molecule has 3 N–H and O–H groups in total. The molecule has 0 aliphatic carbocycles. The molecule has 20 heavy (non-hydrogen) atoms. The van der Waals surface area contributed by atoms with Crippen LogP contribution in [-0.4, -0.2) is 22.6 Å². The van der Waals surface area contributed by atoms with Crippen molar-refractivity contribution in [2.24, 2.45) is 0 Å². The summed E-state index contributed by atoms with van der Waals surface area (Å²) in [7, 11) is 0. The number of H-pyrrole nitrogens is 1. The summed E-state index contributed by atoms with van der Waals surface area (Å²) in [6.07, 6.45) is 1.48. The Hall–Kier alpha value is -2.36. The number of nitrogens with one attached hydrogen (secondary N) is 2. The second-order valence-electron chi connectivity index (χ2n) is 3.82. The third kappa shape index (κ3) is 3.57. The van der Waals surface area contributed by atoms with Crippen molar-refractivity contribution in [1.82, 2.24) is 10.3 Å². The minimum atomic E-state index is -0.414. The molecule has 0 aliphatic rings. The summed E-state index contributed by atoms with van der Waals surface area (Å²) < 4.78 is 0. The zero-order chi connectivity index (χ0) is 14.4. The highest BCUT2D eigenvalue weighted by molar-refractivity contribution is 7.12. The number of carbonyl (C=O) groups excluding carboxylic acids is 1. The Labute approximate surface area is 119 Å². The van der Waals surface area contributed by atoms with E-state index in [0.29, 0.717) is 6.54 Å². The molecule has 2 aromatic rings. The van der Waals surface area contributed by atoms with Gasteiger partial charge in [0.05, 0.1) is 11.4 Å². The van der Waals surface area contributed by atoms with Gasteiger partial charge in [0.15, 0.2) is 0 Å². The lowest BCUT2D eigenvalue weighted by molar-refractivity contribution is 0.0950. The smallest absolute Gasteiger partial charge is 0.260 e. The van der Waals surface area contributed by atoms with Gasteiger partial charge >= 0.3 is 0 Å². The number of aliphatic hydroxyl groups is 1. The Balaban J connectivity index is 1.99. The molecule has 0 bridgehead atoms. The van der Waals surface area contributed by atoms with Crippen molar-refractivity contribution >= 4 is 17.2 Å². The van der Waals surface area contributed by atoms with Gasteiger partial charge < -0.3 is 15.4 Å². The van der Waals surface area contributed by atoms with E-state index in [-0.39, 0.29) is 12.2 Å². The lowest BCUT2D eigenvalue weighted by Gasteiger charge is -2.02. The van der Waals surface area contributed by atoms with Crippen LogP contribution in [0.4, 0.5) is 0 Å². The maximum absolute atomic E-state index is 11.8. The highest BCUT2D eigenvalue weighted by atomic mass is 32.1. The van der Waals surface area contributed by atoms with Gasteiger partial charge in [0, 0.05) is 11.1 Å². The molecule has 1 amide bonds. The molecular weight excluding hydrogens is 276 g/mol. The van der Waals surface area contributed by atoms with Crippen LogP contribution < -0.4 is 10.9 Å². The van der Waals surface area contributed by atoms with Gasteiger partial charge in [0.25, 0.3) is 11.5 Å². The summed E-state index contributed by atoms with van der Waals surface area (Å²) in [6, 6.07) is 6.75. The van der Waals surface area contributed by atoms with Crippen molar-refractivity contribution in [2.45, 2.75) is 6.54 Å². The molecule has 0 radical (unpaired) electrons. The summed E-state index contributed by atoms with van der Waals surface area (Å²) in [4.78, 5) is 27.5. The number of hydrogen-bond acceptors (Lipinski definition) is 4. The van der Waals surface area contributed by atoms with Crippen molar-refractivity contribution in [1.29, 1.82) is 0 Å². The van der Waals surface area contributed by atoms with Crippen LogP contribution in [0.3, 0.4) is 0 Å². The van der Waals surface area contributed by atoms with Crippen LogP contribution in [0, 0.1) is 11.8 Å². The largest absolute Gasteiger partial charge is 0.384 e. The lowest BCUT2D eigenvalue weighted by Crippen LogP contribution is -2.28. The van der Waals surface area contributed by atoms with Crippen LogP contribution in [0.15, 0.2) is 35.3 Å². The average Bonchev–Trinajstić information content (AvgIpc) is 2.91. The summed E-state index contributed by atoms with van der Waals surface area (Å²) in [6.45, 7) is 0.152. The fraction of sp³-hybridized carbons (Fsp3) is 0.143. The van der Waals surface area contributed by atoms with Crippen molar-refractivity contribution in [3.8, 4) is 11.8 Å². The molecule has 0 spiro atoms. The number of hydrogen-bond donors (Lipinski definition) is 3. The van der Waals surface area contributed by atoms with Crippen LogP contribution in [0.1, 0.15) is 20.1 Å². The molecule has 0 saturated carbocycles. The predicted octanol–water partition coefficient (Wildman–Crippen LogP) is 0.710. The topological polar surface area (TPSA) is 82.2 Å². The van der Waals surface area contributed by atoms with Gasteiger partial charge in [0.1, 0.15) is 12.2 Å². The van der Waals surface area contributed by atoms with E-state index in [1.165, 1.54) is 23.6 Å². The van der Waals surface area contributed by atoms with Crippen molar-refractivity contribution in [3.05, 3.63) is 56.1 Å². The van der Waals surface area contributed by atoms with E-state index in [0.717, 1.165) is 9.75 Å². The minimum Gasteiger partial charge on any atom is -0.384 e. The highest BCUT2D eigenvalue weighted by Gasteiger charge is 2.09. The van der Waals surface area contributed by atoms with E-state index in [4.69, 9.17) is 5.11 Å². The molecule has 5 nitrogen and oxygen atoms in total. The minimum absolute atomic E-state index is 0.0874. The number of aliphatic hydroxyl groups excluding tert-OH is 1. The molecule has 0 atom stereocenters. The van der Waals surface area contributed by atoms with Crippen LogP contribution in [0.2, 0.25) is 0 Å². The number of thiophene rings is 1. The third-order valence-electron chi connectivity index (χ3n) is 2.44. The molecule has 0 saturated heterocycles. The first-order valence-electron chi connectivity index (χ1n) is 5.85. The Morgan fingerprint density at radius 3 is 3.00 bits per heavy atom. The lowest BCUT2D eigenvalue weighted by atomic mass is 10.2. The fourth-order valence-corrected chi connectivity index (χ4v) is 2.35. The van der Waals surface area contributed by atoms with E-state index >= 15 is 0 Å². The maximum atomic E-state index is 11.8. The normalized spacial score (nSPS) is 9.65. The summed E-state index contributed by atoms with van der Waals surface area (Å²) in [5.41, 5.74) is -0.324. The van der Waals surface area contributed by atoms with Gasteiger partial charge in [-0.3, -0.25) is 9.59 Å². The molecule has 0 aliphatic heterocycles. The zero-order valence-corrected chi connectivity index (χ0v) is 11.3. The quantitative estimate of drug-likeness (QED) is 0.728. The second-order valence-corrected chi connectivity index (χ2v) is 4.99. The maximum Gasteiger partial charge on any atom is 0.260 e. The molecule has 6 heteroatoms. The number of aromatic nitrogens is 1. The Bertz CT molecular complexity index is 722. The van der Waals surface area contributed by atoms with Gasteiger partial charge in [-0.05, 0) is 24.3 Å².